The van der Waals surface area contributed by atoms with Gasteiger partial charge in [-0.15, -0.1) is 0 Å². The molecule has 0 atom stereocenters. The van der Waals surface area contributed by atoms with Gasteiger partial charge in [-0.1, -0.05) is 6.07 Å². The summed E-state index contributed by atoms with van der Waals surface area (Å²) in [7, 11) is 0. The molecule has 1 aliphatic rings. The van der Waals surface area contributed by atoms with E-state index in [1.165, 1.54) is 11.1 Å². The van der Waals surface area contributed by atoms with Crippen molar-refractivity contribution in [2.75, 3.05) is 44.6 Å². The Bertz CT molecular complexity index is 673. The fourth-order valence-corrected chi connectivity index (χ4v) is 2.80. The van der Waals surface area contributed by atoms with Gasteiger partial charge in [-0.25, -0.2) is 4.79 Å². The van der Waals surface area contributed by atoms with E-state index in [4.69, 9.17) is 10.5 Å². The minimum Gasteiger partial charge on any atom is -0.444 e. The molecule has 1 saturated heterocycles. The lowest BCUT2D eigenvalue weighted by Crippen LogP contribution is -2.50. The Morgan fingerprint density at radius 2 is 1.85 bits per heavy atom. The van der Waals surface area contributed by atoms with Crippen LogP contribution in [-0.4, -0.2) is 66.7 Å². The molecular weight excluding hydrogens is 342 g/mol. The van der Waals surface area contributed by atoms with E-state index < -0.39 is 5.60 Å². The predicted molar refractivity (Wildman–Crippen MR) is 110 cm³/mol. The second-order valence-electron chi connectivity index (χ2n) is 8.00. The fourth-order valence-electron chi connectivity index (χ4n) is 2.80. The second-order valence-corrected chi connectivity index (χ2v) is 8.00. The molecule has 3 N–H and O–H groups in total. The number of aryl methyl sites for hydroxylation is 2. The third-order valence-corrected chi connectivity index (χ3v) is 4.50. The van der Waals surface area contributed by atoms with Gasteiger partial charge in [-0.05, 0) is 57.9 Å². The lowest BCUT2D eigenvalue weighted by atomic mass is 10.1. The molecule has 1 fully saturated rings. The van der Waals surface area contributed by atoms with Crippen LogP contribution in [0.5, 0.6) is 0 Å². The van der Waals surface area contributed by atoms with Crippen LogP contribution in [0.1, 0.15) is 31.9 Å². The summed E-state index contributed by atoms with van der Waals surface area (Å²) < 4.78 is 5.42. The topological polar surface area (TPSA) is 83.2 Å². The van der Waals surface area contributed by atoms with Crippen molar-refractivity contribution >= 4 is 17.7 Å². The molecule has 7 heteroatoms. The number of nitrogens with zero attached hydrogens (tertiary/aromatic N) is 3. The number of amides is 1. The highest BCUT2D eigenvalue weighted by atomic mass is 16.6. The van der Waals surface area contributed by atoms with Crippen LogP contribution in [0.25, 0.3) is 0 Å². The lowest BCUT2D eigenvalue weighted by Gasteiger charge is -2.35. The maximum Gasteiger partial charge on any atom is 0.410 e. The molecule has 1 heterocycles. The summed E-state index contributed by atoms with van der Waals surface area (Å²) >= 11 is 0. The van der Waals surface area contributed by atoms with Crippen LogP contribution in [0, 0.1) is 13.8 Å². The Morgan fingerprint density at radius 1 is 1.19 bits per heavy atom. The van der Waals surface area contributed by atoms with Crippen molar-refractivity contribution in [2.45, 2.75) is 40.2 Å². The number of benzene rings is 1. The van der Waals surface area contributed by atoms with E-state index in [1.54, 1.807) is 4.90 Å². The summed E-state index contributed by atoms with van der Waals surface area (Å²) in [5.41, 5.74) is 8.95. The molecule has 1 amide bonds. The van der Waals surface area contributed by atoms with Crippen LogP contribution in [0.2, 0.25) is 0 Å². The zero-order valence-electron chi connectivity index (χ0n) is 17.2. The van der Waals surface area contributed by atoms with Gasteiger partial charge in [0.2, 0.25) is 0 Å². The second kappa shape index (κ2) is 9.08. The van der Waals surface area contributed by atoms with Crippen molar-refractivity contribution in [3.63, 3.8) is 0 Å². The van der Waals surface area contributed by atoms with Gasteiger partial charge in [0.25, 0.3) is 0 Å². The largest absolute Gasteiger partial charge is 0.444 e. The average Bonchev–Trinajstić information content (AvgIpc) is 2.57. The van der Waals surface area contributed by atoms with E-state index in [0.29, 0.717) is 25.6 Å². The molecule has 0 aromatic heterocycles. The molecule has 1 aromatic carbocycles. The van der Waals surface area contributed by atoms with E-state index in [2.05, 4.69) is 41.2 Å². The Labute approximate surface area is 162 Å². The monoisotopic (exact) mass is 375 g/mol. The van der Waals surface area contributed by atoms with Crippen LogP contribution in [0.15, 0.2) is 23.2 Å². The fraction of sp³-hybridized carbons (Fsp3) is 0.600. The summed E-state index contributed by atoms with van der Waals surface area (Å²) in [5.74, 6) is 0.422. The van der Waals surface area contributed by atoms with Crippen molar-refractivity contribution in [3.05, 3.63) is 29.3 Å². The van der Waals surface area contributed by atoms with Gasteiger partial charge in [-0.3, -0.25) is 9.89 Å². The Balaban J connectivity index is 1.72. The van der Waals surface area contributed by atoms with Crippen molar-refractivity contribution in [1.82, 2.24) is 9.80 Å². The molecular formula is C20H33N5O2. The standard InChI is InChI=1S/C20H33N5O2/c1-15-6-7-17(14-16(15)2)23-18(21)22-8-9-24-10-12-25(13-11-24)19(26)27-20(3,4)5/h6-7,14H,8-13H2,1-5H3,(H3,21,22,23). The maximum absolute atomic E-state index is 12.1. The lowest BCUT2D eigenvalue weighted by molar-refractivity contribution is 0.0148. The number of guanidine groups is 1. The van der Waals surface area contributed by atoms with Gasteiger partial charge in [0.05, 0.1) is 6.54 Å². The Morgan fingerprint density at radius 3 is 2.44 bits per heavy atom. The van der Waals surface area contributed by atoms with Gasteiger partial charge in [-0.2, -0.15) is 0 Å². The van der Waals surface area contributed by atoms with Crippen molar-refractivity contribution < 1.29 is 9.53 Å². The van der Waals surface area contributed by atoms with Crippen LogP contribution in [-0.2, 0) is 4.74 Å². The van der Waals surface area contributed by atoms with Gasteiger partial charge >= 0.3 is 6.09 Å². The van der Waals surface area contributed by atoms with Crippen LogP contribution < -0.4 is 11.1 Å². The molecule has 7 nitrogen and oxygen atoms in total. The van der Waals surface area contributed by atoms with Crippen molar-refractivity contribution in [2.24, 2.45) is 10.7 Å². The quantitative estimate of drug-likeness (QED) is 0.624. The van der Waals surface area contributed by atoms with Crippen molar-refractivity contribution in [3.8, 4) is 0 Å². The smallest absolute Gasteiger partial charge is 0.410 e. The number of carbonyl (C=O) groups excluding carboxylic acids is 1. The molecule has 1 aliphatic heterocycles. The zero-order chi connectivity index (χ0) is 20.0. The molecule has 0 radical (unpaired) electrons. The molecule has 0 bridgehead atoms. The number of hydrogen-bond donors (Lipinski definition) is 2. The highest BCUT2D eigenvalue weighted by molar-refractivity contribution is 5.92. The van der Waals surface area contributed by atoms with E-state index in [-0.39, 0.29) is 6.09 Å². The molecule has 0 spiro atoms. The van der Waals surface area contributed by atoms with E-state index in [9.17, 15) is 4.79 Å². The average molecular weight is 376 g/mol. The molecule has 0 unspecified atom stereocenters. The summed E-state index contributed by atoms with van der Waals surface area (Å²) in [6.45, 7) is 14.2. The Kier molecular flexibility index (Phi) is 7.07. The van der Waals surface area contributed by atoms with E-state index in [1.807, 2.05) is 26.8 Å². The molecule has 150 valence electrons. The number of carbonyl (C=O) groups is 1. The number of anilines is 1. The van der Waals surface area contributed by atoms with Crippen LogP contribution in [0.3, 0.4) is 0 Å². The minimum atomic E-state index is -0.455. The van der Waals surface area contributed by atoms with E-state index in [0.717, 1.165) is 25.3 Å². The number of nitrogens with one attached hydrogen (secondary N) is 1. The summed E-state index contributed by atoms with van der Waals surface area (Å²) in [6, 6.07) is 6.13. The zero-order valence-corrected chi connectivity index (χ0v) is 17.2. The predicted octanol–water partition coefficient (Wildman–Crippen LogP) is 2.58. The first-order chi connectivity index (χ1) is 12.6. The first kappa shape index (κ1) is 21.0. The number of rotatable bonds is 4. The Hall–Kier alpha value is -2.28. The summed E-state index contributed by atoms with van der Waals surface area (Å²) in [5, 5.41) is 3.13. The minimum absolute atomic E-state index is 0.234. The number of aliphatic imine (C=N–C) groups is 1. The van der Waals surface area contributed by atoms with Crippen LogP contribution >= 0.6 is 0 Å². The van der Waals surface area contributed by atoms with E-state index >= 15 is 0 Å². The normalized spacial score (nSPS) is 16.3. The van der Waals surface area contributed by atoms with Crippen molar-refractivity contribution in [1.29, 1.82) is 0 Å². The number of hydrogen-bond acceptors (Lipinski definition) is 4. The highest BCUT2D eigenvalue weighted by Gasteiger charge is 2.25. The van der Waals surface area contributed by atoms with Gasteiger partial charge < -0.3 is 20.7 Å². The van der Waals surface area contributed by atoms with Gasteiger partial charge in [0, 0.05) is 38.4 Å². The first-order valence-electron chi connectivity index (χ1n) is 9.48. The summed E-state index contributed by atoms with van der Waals surface area (Å²) in [4.78, 5) is 20.5. The molecule has 0 aliphatic carbocycles. The van der Waals surface area contributed by atoms with Gasteiger partial charge in [0.15, 0.2) is 5.96 Å². The molecule has 2 rings (SSSR count). The number of ether oxygens (including phenoxy) is 1. The van der Waals surface area contributed by atoms with Crippen LogP contribution in [0.4, 0.5) is 10.5 Å². The SMILES string of the molecule is Cc1ccc(NC(N)=NCCN2CCN(C(=O)OC(C)(C)C)CC2)cc1C. The maximum atomic E-state index is 12.1. The number of piperazine rings is 1. The third kappa shape index (κ3) is 7.09. The molecule has 27 heavy (non-hydrogen) atoms. The molecule has 1 aromatic rings. The van der Waals surface area contributed by atoms with Gasteiger partial charge in [0.1, 0.15) is 5.60 Å². The first-order valence-corrected chi connectivity index (χ1v) is 9.48. The third-order valence-electron chi connectivity index (χ3n) is 4.50. The summed E-state index contributed by atoms with van der Waals surface area (Å²) in [6.07, 6.45) is -0.234. The highest BCUT2D eigenvalue weighted by Crippen LogP contribution is 2.14. The number of nitrogens with two attached hydrogens (primary N) is 1. The molecule has 0 saturated carbocycles.